The average molecular weight is 378 g/mol. The zero-order valence-electron chi connectivity index (χ0n) is 13.3. The third-order valence-electron chi connectivity index (χ3n) is 4.46. The van der Waals surface area contributed by atoms with Crippen molar-refractivity contribution in [2.24, 2.45) is 7.05 Å². The summed E-state index contributed by atoms with van der Waals surface area (Å²) in [6.07, 6.45) is 8.82. The summed E-state index contributed by atoms with van der Waals surface area (Å²) in [4.78, 5) is 24.9. The van der Waals surface area contributed by atoms with Gasteiger partial charge in [0.15, 0.2) is 0 Å². The Kier molecular flexibility index (Phi) is 4.66. The number of nitrogens with zero attached hydrogens (tertiary/aromatic N) is 5. The van der Waals surface area contributed by atoms with Gasteiger partial charge in [-0.05, 0) is 34.8 Å². The second kappa shape index (κ2) is 6.70. The molecule has 0 N–H and O–H groups in total. The number of anilines is 1. The number of carbonyl (C=O) groups excluding carboxylic acids is 1. The van der Waals surface area contributed by atoms with Crippen molar-refractivity contribution >= 4 is 27.5 Å². The van der Waals surface area contributed by atoms with Crippen molar-refractivity contribution in [2.45, 2.75) is 18.9 Å². The number of halogens is 1. The molecule has 0 saturated carbocycles. The quantitative estimate of drug-likeness (QED) is 0.823. The van der Waals surface area contributed by atoms with Crippen LogP contribution in [0.3, 0.4) is 0 Å². The van der Waals surface area contributed by atoms with Crippen molar-refractivity contribution in [3.05, 3.63) is 41.2 Å². The van der Waals surface area contributed by atoms with Gasteiger partial charge in [0.25, 0.3) is 5.91 Å². The number of rotatable bonds is 3. The maximum atomic E-state index is 12.6. The fraction of sp³-hybridized carbons (Fsp3) is 0.438. The van der Waals surface area contributed by atoms with E-state index in [0.29, 0.717) is 5.69 Å². The minimum atomic E-state index is 0.0357. The summed E-state index contributed by atoms with van der Waals surface area (Å²) >= 11 is 3.55. The summed E-state index contributed by atoms with van der Waals surface area (Å²) in [5.41, 5.74) is 1.80. The molecule has 0 radical (unpaired) electrons. The number of imidazole rings is 1. The van der Waals surface area contributed by atoms with E-state index in [2.05, 4.69) is 30.8 Å². The first-order valence-electron chi connectivity index (χ1n) is 7.66. The molecule has 0 aliphatic carbocycles. The molecule has 3 rings (SSSR count). The van der Waals surface area contributed by atoms with Crippen LogP contribution in [-0.4, -0.2) is 51.5 Å². The Hall–Kier alpha value is -1.89. The predicted octanol–water partition coefficient (Wildman–Crippen LogP) is 2.32. The fourth-order valence-corrected chi connectivity index (χ4v) is 3.53. The van der Waals surface area contributed by atoms with Gasteiger partial charge in [-0.3, -0.25) is 9.78 Å². The largest absolute Gasteiger partial charge is 0.370 e. The van der Waals surface area contributed by atoms with E-state index in [1.807, 2.05) is 37.5 Å². The van der Waals surface area contributed by atoms with Crippen molar-refractivity contribution in [3.8, 4) is 0 Å². The number of piperidine rings is 1. The minimum Gasteiger partial charge on any atom is -0.370 e. The van der Waals surface area contributed by atoms with E-state index in [0.717, 1.165) is 30.4 Å². The predicted molar refractivity (Wildman–Crippen MR) is 92.5 cm³/mol. The number of hydrogen-bond acceptors (Lipinski definition) is 4. The third kappa shape index (κ3) is 3.24. The molecular weight excluding hydrogens is 358 g/mol. The molecule has 0 atom stereocenters. The van der Waals surface area contributed by atoms with Gasteiger partial charge in [0.1, 0.15) is 5.69 Å². The Morgan fingerprint density at radius 1 is 1.30 bits per heavy atom. The lowest BCUT2D eigenvalue weighted by atomic mass is 10.0. The second-order valence-corrected chi connectivity index (χ2v) is 6.71. The highest BCUT2D eigenvalue weighted by Crippen LogP contribution is 2.28. The van der Waals surface area contributed by atoms with Gasteiger partial charge in [0.05, 0.1) is 22.7 Å². The van der Waals surface area contributed by atoms with Gasteiger partial charge < -0.3 is 14.4 Å². The zero-order chi connectivity index (χ0) is 16.4. The molecule has 1 aliphatic heterocycles. The summed E-state index contributed by atoms with van der Waals surface area (Å²) in [5, 5.41) is 0. The maximum absolute atomic E-state index is 12.6. The first-order chi connectivity index (χ1) is 11.1. The lowest BCUT2D eigenvalue weighted by Gasteiger charge is -2.38. The SMILES string of the molecule is CN(C(=O)c1cncn1C)C1CCN(c2ccncc2Br)CC1. The van der Waals surface area contributed by atoms with Crippen LogP contribution in [0.2, 0.25) is 0 Å². The van der Waals surface area contributed by atoms with Crippen LogP contribution < -0.4 is 4.90 Å². The van der Waals surface area contributed by atoms with E-state index in [9.17, 15) is 4.79 Å². The molecule has 3 heterocycles. The molecule has 6 nitrogen and oxygen atoms in total. The first kappa shape index (κ1) is 16.0. The van der Waals surface area contributed by atoms with Crippen LogP contribution in [-0.2, 0) is 7.05 Å². The summed E-state index contributed by atoms with van der Waals surface area (Å²) < 4.78 is 2.78. The Bertz CT molecular complexity index is 693. The van der Waals surface area contributed by atoms with Crippen LogP contribution in [0, 0.1) is 0 Å². The molecule has 0 unspecified atom stereocenters. The molecule has 1 saturated heterocycles. The first-order valence-corrected chi connectivity index (χ1v) is 8.45. The standard InChI is InChI=1S/C16H20BrN5O/c1-20-11-19-10-15(20)16(23)21(2)12-4-7-22(8-5-12)14-3-6-18-9-13(14)17/h3,6,9-12H,4-5,7-8H2,1-2H3. The third-order valence-corrected chi connectivity index (χ3v) is 5.07. The summed E-state index contributed by atoms with van der Waals surface area (Å²) in [6, 6.07) is 2.28. The van der Waals surface area contributed by atoms with Gasteiger partial charge in [-0.25, -0.2) is 4.98 Å². The normalized spacial score (nSPS) is 15.7. The lowest BCUT2D eigenvalue weighted by molar-refractivity contribution is 0.0699. The zero-order valence-corrected chi connectivity index (χ0v) is 14.9. The Morgan fingerprint density at radius 2 is 2.04 bits per heavy atom. The number of carbonyl (C=O) groups is 1. The number of amides is 1. The monoisotopic (exact) mass is 377 g/mol. The maximum Gasteiger partial charge on any atom is 0.272 e. The summed E-state index contributed by atoms with van der Waals surface area (Å²) in [6.45, 7) is 1.85. The number of aryl methyl sites for hydroxylation is 1. The van der Waals surface area contributed by atoms with E-state index < -0.39 is 0 Å². The van der Waals surface area contributed by atoms with Gasteiger partial charge in [-0.2, -0.15) is 0 Å². The number of pyridine rings is 1. The molecule has 1 aliphatic rings. The highest BCUT2D eigenvalue weighted by molar-refractivity contribution is 9.10. The molecule has 122 valence electrons. The van der Waals surface area contributed by atoms with Crippen LogP contribution in [0.5, 0.6) is 0 Å². The highest BCUT2D eigenvalue weighted by atomic mass is 79.9. The molecular formula is C16H20BrN5O. The summed E-state index contributed by atoms with van der Waals surface area (Å²) in [5.74, 6) is 0.0357. The molecule has 1 amide bonds. The Morgan fingerprint density at radius 3 is 2.65 bits per heavy atom. The van der Waals surface area contributed by atoms with E-state index in [4.69, 9.17) is 0 Å². The summed E-state index contributed by atoms with van der Waals surface area (Å²) in [7, 11) is 3.73. The molecule has 0 aromatic carbocycles. The average Bonchev–Trinajstić information content (AvgIpc) is 3.00. The molecule has 0 spiro atoms. The van der Waals surface area contributed by atoms with E-state index in [1.54, 1.807) is 17.1 Å². The minimum absolute atomic E-state index is 0.0357. The van der Waals surface area contributed by atoms with Crippen LogP contribution >= 0.6 is 15.9 Å². The second-order valence-electron chi connectivity index (χ2n) is 5.85. The Labute approximate surface area is 144 Å². The van der Waals surface area contributed by atoms with Gasteiger partial charge in [0.2, 0.25) is 0 Å². The molecule has 23 heavy (non-hydrogen) atoms. The van der Waals surface area contributed by atoms with Crippen molar-refractivity contribution in [2.75, 3.05) is 25.0 Å². The molecule has 2 aromatic heterocycles. The lowest BCUT2D eigenvalue weighted by Crippen LogP contribution is -2.46. The van der Waals surface area contributed by atoms with Crippen molar-refractivity contribution < 1.29 is 4.79 Å². The number of hydrogen-bond donors (Lipinski definition) is 0. The van der Waals surface area contributed by atoms with Crippen LogP contribution in [0.15, 0.2) is 35.5 Å². The van der Waals surface area contributed by atoms with Crippen LogP contribution in [0.4, 0.5) is 5.69 Å². The van der Waals surface area contributed by atoms with Gasteiger partial charge in [-0.15, -0.1) is 0 Å². The molecule has 1 fully saturated rings. The van der Waals surface area contributed by atoms with Crippen molar-refractivity contribution in [1.29, 1.82) is 0 Å². The Balaban J connectivity index is 1.64. The topological polar surface area (TPSA) is 54.3 Å². The van der Waals surface area contributed by atoms with Crippen molar-refractivity contribution in [3.63, 3.8) is 0 Å². The van der Waals surface area contributed by atoms with Crippen LogP contribution in [0.1, 0.15) is 23.3 Å². The molecule has 0 bridgehead atoms. The van der Waals surface area contributed by atoms with Gasteiger partial charge >= 0.3 is 0 Å². The van der Waals surface area contributed by atoms with Gasteiger partial charge in [0, 0.05) is 45.6 Å². The molecule has 7 heteroatoms. The van der Waals surface area contributed by atoms with Crippen molar-refractivity contribution in [1.82, 2.24) is 19.4 Å². The number of aromatic nitrogens is 3. The van der Waals surface area contributed by atoms with Gasteiger partial charge in [-0.1, -0.05) is 0 Å². The highest BCUT2D eigenvalue weighted by Gasteiger charge is 2.27. The fourth-order valence-electron chi connectivity index (χ4n) is 3.03. The van der Waals surface area contributed by atoms with E-state index in [1.165, 1.54) is 5.69 Å². The van der Waals surface area contributed by atoms with E-state index >= 15 is 0 Å². The van der Waals surface area contributed by atoms with Crippen LogP contribution in [0.25, 0.3) is 0 Å². The molecule has 2 aromatic rings. The van der Waals surface area contributed by atoms with E-state index in [-0.39, 0.29) is 11.9 Å². The smallest absolute Gasteiger partial charge is 0.272 e.